The molecule has 0 unspecified atom stereocenters. The van der Waals surface area contributed by atoms with Crippen LogP contribution >= 0.6 is 0 Å². The lowest BCUT2D eigenvalue weighted by molar-refractivity contribution is 0.953. The maximum absolute atomic E-state index is 5.28. The van der Waals surface area contributed by atoms with Crippen molar-refractivity contribution in [1.82, 2.24) is 24.1 Å². The molecule has 5 nitrogen and oxygen atoms in total. The molecule has 0 aliphatic carbocycles. The molecule has 9 aromatic carbocycles. The Kier molecular flexibility index (Phi) is 8.42. The minimum Gasteiger partial charge on any atom is -0.309 e. The van der Waals surface area contributed by atoms with Crippen molar-refractivity contribution in [1.29, 1.82) is 0 Å². The van der Waals surface area contributed by atoms with Gasteiger partial charge in [-0.15, -0.1) is 0 Å². The van der Waals surface area contributed by atoms with E-state index < -0.39 is 0 Å². The smallest absolute Gasteiger partial charge is 0.238 e. The number of hydrogen-bond acceptors (Lipinski definition) is 3. The van der Waals surface area contributed by atoms with E-state index in [0.29, 0.717) is 17.6 Å². The van der Waals surface area contributed by atoms with Crippen LogP contribution in [-0.2, 0) is 0 Å². The number of rotatable bonds is 7. The predicted molar refractivity (Wildman–Crippen MR) is 256 cm³/mol. The Morgan fingerprint density at radius 3 is 1.24 bits per heavy atom. The quantitative estimate of drug-likeness (QED) is 0.162. The summed E-state index contributed by atoms with van der Waals surface area (Å²) in [7, 11) is 0. The molecule has 0 atom stereocenters. The van der Waals surface area contributed by atoms with Crippen LogP contribution in [0.15, 0.2) is 224 Å². The highest BCUT2D eigenvalue weighted by Crippen LogP contribution is 2.40. The normalized spacial score (nSPS) is 11.5. The summed E-state index contributed by atoms with van der Waals surface area (Å²) in [4.78, 5) is 15.6. The van der Waals surface area contributed by atoms with Gasteiger partial charge in [0, 0.05) is 38.4 Å². The predicted octanol–water partition coefficient (Wildman–Crippen LogP) is 14.4. The average Bonchev–Trinajstić information content (AvgIpc) is 3.86. The molecule has 62 heavy (non-hydrogen) atoms. The maximum atomic E-state index is 5.28. The first-order valence-corrected chi connectivity index (χ1v) is 20.9. The van der Waals surface area contributed by atoms with Crippen LogP contribution in [0.5, 0.6) is 0 Å². The monoisotopic (exact) mass is 791 g/mol. The van der Waals surface area contributed by atoms with Crippen molar-refractivity contribution in [3.63, 3.8) is 0 Å². The van der Waals surface area contributed by atoms with Crippen LogP contribution in [0.1, 0.15) is 0 Å². The lowest BCUT2D eigenvalue weighted by Gasteiger charge is -2.12. The number of aromatic nitrogens is 5. The van der Waals surface area contributed by atoms with E-state index in [4.69, 9.17) is 15.0 Å². The van der Waals surface area contributed by atoms with E-state index in [1.165, 1.54) is 38.6 Å². The molecule has 0 N–H and O–H groups in total. The summed E-state index contributed by atoms with van der Waals surface area (Å²) in [5.41, 5.74) is 14.3. The van der Waals surface area contributed by atoms with Gasteiger partial charge in [0.15, 0.2) is 11.6 Å². The van der Waals surface area contributed by atoms with Gasteiger partial charge in [-0.2, -0.15) is 9.97 Å². The highest BCUT2D eigenvalue weighted by molar-refractivity contribution is 6.19. The minimum atomic E-state index is 0.566. The third-order valence-corrected chi connectivity index (χ3v) is 12.0. The number of fused-ring (bicyclic) bond motifs is 6. The highest BCUT2D eigenvalue weighted by Gasteiger charge is 2.21. The topological polar surface area (TPSA) is 48.5 Å². The van der Waals surface area contributed by atoms with E-state index in [2.05, 4.69) is 209 Å². The second-order valence-electron chi connectivity index (χ2n) is 15.7. The molecule has 290 valence electrons. The molecule has 0 amide bonds. The van der Waals surface area contributed by atoms with Gasteiger partial charge in [-0.05, 0) is 75.8 Å². The van der Waals surface area contributed by atoms with Crippen LogP contribution < -0.4 is 0 Å². The SMILES string of the molecule is c1ccc(-c2ccc(-c3nc(-c4ccccc4)nc(-n4c5ccccc5c5cc6c7ccccc7n(-c7ccc(-c8cccc(-c9ccccc9)c8)cc7)c6cc54)n3)cc2)cc1. The highest BCUT2D eigenvalue weighted by atomic mass is 15.2. The van der Waals surface area contributed by atoms with Crippen LogP contribution in [0, 0.1) is 0 Å². The van der Waals surface area contributed by atoms with Gasteiger partial charge in [0.25, 0.3) is 0 Å². The number of para-hydroxylation sites is 2. The van der Waals surface area contributed by atoms with Gasteiger partial charge >= 0.3 is 0 Å². The molecular formula is C57H37N5. The molecule has 0 aliphatic heterocycles. The molecule has 0 radical (unpaired) electrons. The van der Waals surface area contributed by atoms with Crippen molar-refractivity contribution in [2.24, 2.45) is 0 Å². The summed E-state index contributed by atoms with van der Waals surface area (Å²) in [6, 6.07) is 79.3. The van der Waals surface area contributed by atoms with E-state index >= 15 is 0 Å². The van der Waals surface area contributed by atoms with Crippen molar-refractivity contribution in [2.75, 3.05) is 0 Å². The fourth-order valence-corrected chi connectivity index (χ4v) is 8.99. The number of nitrogens with zero attached hydrogens (tertiary/aromatic N) is 5. The molecule has 3 aromatic heterocycles. The molecule has 0 bridgehead atoms. The van der Waals surface area contributed by atoms with E-state index in [0.717, 1.165) is 55.2 Å². The Bertz CT molecular complexity index is 3590. The fraction of sp³-hybridized carbons (Fsp3) is 0. The first-order valence-electron chi connectivity index (χ1n) is 20.9. The first kappa shape index (κ1) is 35.5. The van der Waals surface area contributed by atoms with E-state index in [-0.39, 0.29) is 0 Å². The van der Waals surface area contributed by atoms with Gasteiger partial charge in [-0.3, -0.25) is 4.57 Å². The van der Waals surface area contributed by atoms with E-state index in [1.54, 1.807) is 0 Å². The third-order valence-electron chi connectivity index (χ3n) is 12.0. The zero-order chi connectivity index (χ0) is 41.0. The van der Waals surface area contributed by atoms with Crippen molar-refractivity contribution in [2.45, 2.75) is 0 Å². The van der Waals surface area contributed by atoms with E-state index in [9.17, 15) is 0 Å². The molecule has 0 saturated heterocycles. The summed E-state index contributed by atoms with van der Waals surface area (Å²) in [6.07, 6.45) is 0. The third kappa shape index (κ3) is 6.06. The Labute approximate surface area is 358 Å². The molecular weight excluding hydrogens is 755 g/mol. The van der Waals surface area contributed by atoms with Crippen molar-refractivity contribution in [3.05, 3.63) is 224 Å². The van der Waals surface area contributed by atoms with Gasteiger partial charge in [0.05, 0.1) is 22.1 Å². The fourth-order valence-electron chi connectivity index (χ4n) is 8.99. The van der Waals surface area contributed by atoms with Crippen molar-refractivity contribution < 1.29 is 0 Å². The van der Waals surface area contributed by atoms with Gasteiger partial charge < -0.3 is 4.57 Å². The van der Waals surface area contributed by atoms with Crippen LogP contribution in [0.3, 0.4) is 0 Å². The zero-order valence-electron chi connectivity index (χ0n) is 33.6. The Morgan fingerprint density at radius 2 is 0.645 bits per heavy atom. The van der Waals surface area contributed by atoms with Crippen molar-refractivity contribution in [3.8, 4) is 67.8 Å². The second kappa shape index (κ2) is 14.7. The van der Waals surface area contributed by atoms with Gasteiger partial charge in [0.2, 0.25) is 5.95 Å². The van der Waals surface area contributed by atoms with E-state index in [1.807, 2.05) is 24.3 Å². The summed E-state index contributed by atoms with van der Waals surface area (Å²) >= 11 is 0. The first-order chi connectivity index (χ1) is 30.7. The summed E-state index contributed by atoms with van der Waals surface area (Å²) in [5.74, 6) is 1.80. The molecule has 0 spiro atoms. The Morgan fingerprint density at radius 1 is 0.242 bits per heavy atom. The Hall–Kier alpha value is -8.41. The van der Waals surface area contributed by atoms with Crippen LogP contribution in [0.25, 0.3) is 111 Å². The van der Waals surface area contributed by atoms with Crippen LogP contribution in [0.2, 0.25) is 0 Å². The summed E-state index contributed by atoms with van der Waals surface area (Å²) in [6.45, 7) is 0. The largest absolute Gasteiger partial charge is 0.309 e. The lowest BCUT2D eigenvalue weighted by atomic mass is 9.99. The second-order valence-corrected chi connectivity index (χ2v) is 15.7. The van der Waals surface area contributed by atoms with Crippen LogP contribution in [0.4, 0.5) is 0 Å². The Balaban J connectivity index is 1.04. The summed E-state index contributed by atoms with van der Waals surface area (Å²) in [5, 5.41) is 4.67. The van der Waals surface area contributed by atoms with Crippen molar-refractivity contribution >= 4 is 43.6 Å². The van der Waals surface area contributed by atoms with Gasteiger partial charge in [-0.1, -0.05) is 182 Å². The molecule has 3 heterocycles. The lowest BCUT2D eigenvalue weighted by Crippen LogP contribution is -2.06. The molecule has 0 fully saturated rings. The van der Waals surface area contributed by atoms with Gasteiger partial charge in [0.1, 0.15) is 0 Å². The number of hydrogen-bond donors (Lipinski definition) is 0. The van der Waals surface area contributed by atoms with Gasteiger partial charge in [-0.25, -0.2) is 4.98 Å². The average molecular weight is 792 g/mol. The molecule has 0 aliphatic rings. The zero-order valence-corrected chi connectivity index (χ0v) is 33.6. The molecule has 5 heteroatoms. The molecule has 12 aromatic rings. The standard InChI is InChI=1S/C57H37N5/c1-4-15-38(16-5-1)40-27-29-43(30-28-40)56-58-55(42-19-8-3-9-20-42)59-57(60-56)62-52-26-13-11-24-48(52)50-36-49-47-23-10-12-25-51(47)61(53(49)37-54(50)62)46-33-31-41(32-34-46)45-22-14-21-44(35-45)39-17-6-2-7-18-39/h1-37H. The summed E-state index contributed by atoms with van der Waals surface area (Å²) < 4.78 is 4.60. The van der Waals surface area contributed by atoms with Crippen LogP contribution in [-0.4, -0.2) is 24.1 Å². The minimum absolute atomic E-state index is 0.566. The molecule has 0 saturated carbocycles. The number of benzene rings is 9. The molecule has 12 rings (SSSR count). The maximum Gasteiger partial charge on any atom is 0.238 e.